The molecule has 0 spiro atoms. The van der Waals surface area contributed by atoms with E-state index >= 15 is 0 Å². The van der Waals surface area contributed by atoms with Crippen molar-refractivity contribution in [3.8, 4) is 5.75 Å². The van der Waals surface area contributed by atoms with Gasteiger partial charge in [-0.3, -0.25) is 14.9 Å². The van der Waals surface area contributed by atoms with Crippen LogP contribution in [0.5, 0.6) is 5.75 Å². The molecule has 0 aliphatic rings. The number of benzene rings is 2. The molecule has 0 heterocycles. The van der Waals surface area contributed by atoms with Crippen molar-refractivity contribution in [1.82, 2.24) is 0 Å². The van der Waals surface area contributed by atoms with Crippen LogP contribution in [0, 0.1) is 10.1 Å². The molecular formula is C15H13NO5. The number of carbonyl (C=O) groups is 1. The molecule has 0 aliphatic carbocycles. The molecular weight excluding hydrogens is 274 g/mol. The van der Waals surface area contributed by atoms with Gasteiger partial charge in [0.15, 0.2) is 5.78 Å². The number of nitro benzene ring substituents is 1. The summed E-state index contributed by atoms with van der Waals surface area (Å²) in [4.78, 5) is 22.5. The van der Waals surface area contributed by atoms with Gasteiger partial charge in [0.2, 0.25) is 0 Å². The van der Waals surface area contributed by atoms with Crippen LogP contribution in [0.2, 0.25) is 0 Å². The van der Waals surface area contributed by atoms with Crippen molar-refractivity contribution in [2.45, 2.75) is 6.61 Å². The second kappa shape index (κ2) is 6.15. The summed E-state index contributed by atoms with van der Waals surface area (Å²) >= 11 is 0. The lowest BCUT2D eigenvalue weighted by molar-refractivity contribution is -0.385. The minimum Gasteiger partial charge on any atom is -0.497 e. The largest absolute Gasteiger partial charge is 0.497 e. The van der Waals surface area contributed by atoms with Crippen LogP contribution in [-0.4, -0.2) is 22.9 Å². The van der Waals surface area contributed by atoms with Gasteiger partial charge in [0, 0.05) is 17.2 Å². The molecule has 0 aromatic heterocycles. The molecule has 0 aliphatic heterocycles. The Morgan fingerprint density at radius 2 is 1.81 bits per heavy atom. The fraction of sp³-hybridized carbons (Fsp3) is 0.133. The molecule has 0 atom stereocenters. The maximum Gasteiger partial charge on any atom is 0.274 e. The van der Waals surface area contributed by atoms with E-state index in [4.69, 9.17) is 4.74 Å². The molecule has 0 amide bonds. The summed E-state index contributed by atoms with van der Waals surface area (Å²) in [5.41, 5.74) is 0.631. The fourth-order valence-corrected chi connectivity index (χ4v) is 1.94. The minimum atomic E-state index is -0.590. The van der Waals surface area contributed by atoms with Crippen molar-refractivity contribution < 1.29 is 19.6 Å². The molecule has 6 nitrogen and oxygen atoms in total. The van der Waals surface area contributed by atoms with Gasteiger partial charge in [-0.2, -0.15) is 0 Å². The Morgan fingerprint density at radius 1 is 1.19 bits per heavy atom. The first-order chi connectivity index (χ1) is 10.1. The number of ether oxygens (including phenoxy) is 1. The fourth-order valence-electron chi connectivity index (χ4n) is 1.94. The van der Waals surface area contributed by atoms with Crippen molar-refractivity contribution in [2.24, 2.45) is 0 Å². The van der Waals surface area contributed by atoms with E-state index in [-0.39, 0.29) is 22.6 Å². The normalized spacial score (nSPS) is 10.2. The van der Waals surface area contributed by atoms with E-state index in [0.717, 1.165) is 0 Å². The number of methoxy groups -OCH3 is 1. The highest BCUT2D eigenvalue weighted by molar-refractivity contribution is 6.09. The number of aliphatic hydroxyl groups is 1. The molecule has 0 saturated heterocycles. The summed E-state index contributed by atoms with van der Waals surface area (Å²) in [5.74, 6) is 0.355. The lowest BCUT2D eigenvalue weighted by Crippen LogP contribution is -2.04. The number of nitrogens with zero attached hydrogens (tertiary/aromatic N) is 1. The topological polar surface area (TPSA) is 89.7 Å². The number of ketones is 1. The standard InChI is InChI=1S/C15H13NO5/c1-21-13-5-2-10(3-6-13)15(18)11-4-7-14(16(19)20)12(8-11)9-17/h2-8,17H,9H2,1H3. The average Bonchev–Trinajstić information content (AvgIpc) is 2.53. The Bertz CT molecular complexity index is 679. The SMILES string of the molecule is COc1ccc(C(=O)c2ccc([N+](=O)[O-])c(CO)c2)cc1. The Morgan fingerprint density at radius 3 is 2.33 bits per heavy atom. The molecule has 108 valence electrons. The predicted molar refractivity (Wildman–Crippen MR) is 75.4 cm³/mol. The molecule has 0 fully saturated rings. The number of hydrogen-bond acceptors (Lipinski definition) is 5. The van der Waals surface area contributed by atoms with E-state index in [1.54, 1.807) is 24.3 Å². The molecule has 21 heavy (non-hydrogen) atoms. The highest BCUT2D eigenvalue weighted by Crippen LogP contribution is 2.22. The van der Waals surface area contributed by atoms with Gasteiger partial charge in [-0.25, -0.2) is 0 Å². The van der Waals surface area contributed by atoms with E-state index in [1.165, 1.54) is 25.3 Å². The third-order valence-corrected chi connectivity index (χ3v) is 3.06. The van der Waals surface area contributed by atoms with E-state index in [0.29, 0.717) is 11.3 Å². The molecule has 2 aromatic rings. The molecule has 2 aromatic carbocycles. The lowest BCUT2D eigenvalue weighted by Gasteiger charge is -2.05. The smallest absolute Gasteiger partial charge is 0.274 e. The quantitative estimate of drug-likeness (QED) is 0.518. The van der Waals surface area contributed by atoms with Gasteiger partial charge in [0.1, 0.15) is 5.75 Å². The van der Waals surface area contributed by atoms with Crippen LogP contribution in [0.4, 0.5) is 5.69 Å². The van der Waals surface area contributed by atoms with Gasteiger partial charge in [-0.15, -0.1) is 0 Å². The Labute approximate surface area is 120 Å². The molecule has 0 bridgehead atoms. The van der Waals surface area contributed by atoms with Crippen LogP contribution >= 0.6 is 0 Å². The summed E-state index contributed by atoms with van der Waals surface area (Å²) < 4.78 is 5.01. The van der Waals surface area contributed by atoms with Crippen LogP contribution < -0.4 is 4.74 Å². The monoisotopic (exact) mass is 287 g/mol. The minimum absolute atomic E-state index is 0.111. The highest BCUT2D eigenvalue weighted by atomic mass is 16.6. The Kier molecular flexibility index (Phi) is 4.30. The molecule has 0 saturated carbocycles. The molecule has 6 heteroatoms. The van der Waals surface area contributed by atoms with Crippen molar-refractivity contribution in [3.63, 3.8) is 0 Å². The van der Waals surface area contributed by atoms with Crippen LogP contribution in [0.1, 0.15) is 21.5 Å². The summed E-state index contributed by atoms with van der Waals surface area (Å²) in [7, 11) is 1.53. The third kappa shape index (κ3) is 3.06. The van der Waals surface area contributed by atoms with E-state index < -0.39 is 11.5 Å². The first-order valence-corrected chi connectivity index (χ1v) is 6.13. The Balaban J connectivity index is 2.36. The van der Waals surface area contributed by atoms with E-state index in [2.05, 4.69) is 0 Å². The lowest BCUT2D eigenvalue weighted by atomic mass is 10.0. The van der Waals surface area contributed by atoms with Gasteiger partial charge in [-0.05, 0) is 36.4 Å². The van der Waals surface area contributed by atoms with Gasteiger partial charge >= 0.3 is 0 Å². The predicted octanol–water partition coefficient (Wildman–Crippen LogP) is 2.33. The summed E-state index contributed by atoms with van der Waals surface area (Å²) in [5, 5.41) is 20.0. The van der Waals surface area contributed by atoms with Gasteiger partial charge < -0.3 is 9.84 Å². The molecule has 1 N–H and O–H groups in total. The van der Waals surface area contributed by atoms with Gasteiger partial charge in [0.25, 0.3) is 5.69 Å². The first kappa shape index (κ1) is 14.7. The third-order valence-electron chi connectivity index (χ3n) is 3.06. The summed E-state index contributed by atoms with van der Waals surface area (Å²) in [6.07, 6.45) is 0. The van der Waals surface area contributed by atoms with Crippen molar-refractivity contribution in [3.05, 3.63) is 69.3 Å². The Hall–Kier alpha value is -2.73. The maximum absolute atomic E-state index is 12.3. The van der Waals surface area contributed by atoms with Crippen molar-refractivity contribution >= 4 is 11.5 Å². The van der Waals surface area contributed by atoms with Gasteiger partial charge in [0.05, 0.1) is 24.2 Å². The van der Waals surface area contributed by atoms with Crippen LogP contribution in [0.15, 0.2) is 42.5 Å². The van der Waals surface area contributed by atoms with Crippen LogP contribution in [-0.2, 0) is 6.61 Å². The van der Waals surface area contributed by atoms with Gasteiger partial charge in [-0.1, -0.05) is 0 Å². The van der Waals surface area contributed by atoms with E-state index in [9.17, 15) is 20.0 Å². The van der Waals surface area contributed by atoms with Crippen LogP contribution in [0.25, 0.3) is 0 Å². The number of nitro groups is 1. The van der Waals surface area contributed by atoms with E-state index in [1.807, 2.05) is 0 Å². The first-order valence-electron chi connectivity index (χ1n) is 6.13. The summed E-state index contributed by atoms with van der Waals surface area (Å²) in [6.45, 7) is -0.500. The number of rotatable bonds is 5. The zero-order valence-electron chi connectivity index (χ0n) is 11.3. The molecule has 2 rings (SSSR count). The average molecular weight is 287 g/mol. The number of carbonyl (C=O) groups excluding carboxylic acids is 1. The van der Waals surface area contributed by atoms with Crippen molar-refractivity contribution in [1.29, 1.82) is 0 Å². The number of aliphatic hydroxyl groups excluding tert-OH is 1. The zero-order chi connectivity index (χ0) is 15.4. The zero-order valence-corrected chi connectivity index (χ0v) is 11.3. The molecule has 0 unspecified atom stereocenters. The second-order valence-corrected chi connectivity index (χ2v) is 4.32. The van der Waals surface area contributed by atoms with Crippen LogP contribution in [0.3, 0.4) is 0 Å². The van der Waals surface area contributed by atoms with Crippen molar-refractivity contribution in [2.75, 3.05) is 7.11 Å². The maximum atomic E-state index is 12.3. The molecule has 0 radical (unpaired) electrons. The number of hydrogen-bond donors (Lipinski definition) is 1. The summed E-state index contributed by atoms with van der Waals surface area (Å²) in [6, 6.07) is 10.5. The highest BCUT2D eigenvalue weighted by Gasteiger charge is 2.17. The second-order valence-electron chi connectivity index (χ2n) is 4.32.